The molecule has 1 aromatic heterocycles. The summed E-state index contributed by atoms with van der Waals surface area (Å²) in [6, 6.07) is 3.51. The average Bonchev–Trinajstić information content (AvgIpc) is 2.08. The maximum Gasteiger partial charge on any atom is 0.156 e. The molecule has 0 saturated heterocycles. The van der Waals surface area contributed by atoms with Crippen LogP contribution in [-0.2, 0) is 0 Å². The molecule has 0 spiro atoms. The van der Waals surface area contributed by atoms with E-state index in [0.717, 1.165) is 10.2 Å². The minimum Gasteiger partial charge on any atom is -0.374 e. The molecule has 1 heterocycles. The van der Waals surface area contributed by atoms with E-state index in [2.05, 4.69) is 26.8 Å². The second kappa shape index (κ2) is 3.70. The number of hydrogen-bond acceptors (Lipinski definition) is 2. The molecule has 12 heavy (non-hydrogen) atoms. The van der Waals surface area contributed by atoms with Gasteiger partial charge in [0.2, 0.25) is 0 Å². The van der Waals surface area contributed by atoms with Gasteiger partial charge in [0.1, 0.15) is 0 Å². The molecule has 62 valence electrons. The van der Waals surface area contributed by atoms with Crippen LogP contribution < -0.4 is 0 Å². The van der Waals surface area contributed by atoms with Gasteiger partial charge in [0.05, 0.1) is 11.4 Å². The van der Waals surface area contributed by atoms with Crippen molar-refractivity contribution in [1.82, 2.24) is 4.98 Å². The molecule has 0 aliphatic heterocycles. The average molecular weight is 226 g/mol. The standard InChI is InChI=1S/C9H8BrNO/c1-3-9(12)8-5-4-7(10)6(2)11-8/h1,4-5,9,12H,2H3. The maximum absolute atomic E-state index is 9.23. The zero-order valence-corrected chi connectivity index (χ0v) is 8.17. The molecule has 3 heteroatoms. The second-order valence-electron chi connectivity index (χ2n) is 2.37. The zero-order valence-electron chi connectivity index (χ0n) is 6.58. The highest BCUT2D eigenvalue weighted by Crippen LogP contribution is 2.17. The number of aliphatic hydroxyl groups excluding tert-OH is 1. The van der Waals surface area contributed by atoms with Crippen molar-refractivity contribution in [3.05, 3.63) is 28.0 Å². The quantitative estimate of drug-likeness (QED) is 0.741. The van der Waals surface area contributed by atoms with Gasteiger partial charge in [-0.3, -0.25) is 4.98 Å². The highest BCUT2D eigenvalue weighted by atomic mass is 79.9. The number of rotatable bonds is 1. The molecule has 0 bridgehead atoms. The Kier molecular flexibility index (Phi) is 2.85. The largest absolute Gasteiger partial charge is 0.374 e. The second-order valence-corrected chi connectivity index (χ2v) is 3.23. The molecular weight excluding hydrogens is 218 g/mol. The van der Waals surface area contributed by atoms with Crippen molar-refractivity contribution in [1.29, 1.82) is 0 Å². The van der Waals surface area contributed by atoms with Crippen molar-refractivity contribution in [3.8, 4) is 12.3 Å². The Labute approximate surface area is 79.8 Å². The molecule has 0 amide bonds. The minimum atomic E-state index is -0.906. The first-order valence-corrected chi connectivity index (χ1v) is 4.21. The highest BCUT2D eigenvalue weighted by molar-refractivity contribution is 9.10. The topological polar surface area (TPSA) is 33.1 Å². The number of halogens is 1. The number of terminal acetylenes is 1. The van der Waals surface area contributed by atoms with Crippen LogP contribution in [0.25, 0.3) is 0 Å². The summed E-state index contributed by atoms with van der Waals surface area (Å²) in [6.45, 7) is 1.84. The summed E-state index contributed by atoms with van der Waals surface area (Å²) >= 11 is 3.30. The Bertz CT molecular complexity index is 330. The first-order valence-electron chi connectivity index (χ1n) is 3.42. The molecule has 1 rings (SSSR count). The van der Waals surface area contributed by atoms with Gasteiger partial charge in [0, 0.05) is 4.47 Å². The Morgan fingerprint density at radius 3 is 2.83 bits per heavy atom. The summed E-state index contributed by atoms with van der Waals surface area (Å²) in [5.41, 5.74) is 1.33. The van der Waals surface area contributed by atoms with Crippen molar-refractivity contribution in [2.24, 2.45) is 0 Å². The summed E-state index contributed by atoms with van der Waals surface area (Å²) in [5.74, 6) is 2.21. The third-order valence-electron chi connectivity index (χ3n) is 1.48. The van der Waals surface area contributed by atoms with Crippen LogP contribution in [0.2, 0.25) is 0 Å². The van der Waals surface area contributed by atoms with Gasteiger partial charge in [-0.05, 0) is 35.0 Å². The Balaban J connectivity index is 3.06. The monoisotopic (exact) mass is 225 g/mol. The molecular formula is C9H8BrNO. The lowest BCUT2D eigenvalue weighted by atomic mass is 10.2. The normalized spacial score (nSPS) is 12.2. The van der Waals surface area contributed by atoms with Crippen LogP contribution in [0.4, 0.5) is 0 Å². The Morgan fingerprint density at radius 2 is 2.33 bits per heavy atom. The fraction of sp³-hybridized carbons (Fsp3) is 0.222. The van der Waals surface area contributed by atoms with Gasteiger partial charge in [0.25, 0.3) is 0 Å². The van der Waals surface area contributed by atoms with E-state index in [9.17, 15) is 5.11 Å². The lowest BCUT2D eigenvalue weighted by molar-refractivity contribution is 0.233. The van der Waals surface area contributed by atoms with E-state index in [1.165, 1.54) is 0 Å². The molecule has 1 unspecified atom stereocenters. The number of aryl methyl sites for hydroxylation is 1. The lowest BCUT2D eigenvalue weighted by Crippen LogP contribution is -1.98. The molecule has 2 nitrogen and oxygen atoms in total. The molecule has 0 aliphatic rings. The minimum absolute atomic E-state index is 0.512. The first kappa shape index (κ1) is 9.24. The molecule has 0 aromatic carbocycles. The Morgan fingerprint density at radius 1 is 1.67 bits per heavy atom. The summed E-state index contributed by atoms with van der Waals surface area (Å²) in [5, 5.41) is 9.23. The van der Waals surface area contributed by atoms with E-state index in [4.69, 9.17) is 6.42 Å². The summed E-state index contributed by atoms with van der Waals surface area (Å²) in [7, 11) is 0. The number of aliphatic hydroxyl groups is 1. The van der Waals surface area contributed by atoms with E-state index in [0.29, 0.717) is 5.69 Å². The fourth-order valence-electron chi connectivity index (χ4n) is 0.801. The van der Waals surface area contributed by atoms with Crippen molar-refractivity contribution < 1.29 is 5.11 Å². The molecule has 0 saturated carbocycles. The van der Waals surface area contributed by atoms with E-state index in [-0.39, 0.29) is 0 Å². The van der Waals surface area contributed by atoms with Gasteiger partial charge >= 0.3 is 0 Å². The van der Waals surface area contributed by atoms with Crippen LogP contribution in [0.3, 0.4) is 0 Å². The van der Waals surface area contributed by atoms with Gasteiger partial charge < -0.3 is 5.11 Å². The van der Waals surface area contributed by atoms with Crippen LogP contribution in [0.1, 0.15) is 17.5 Å². The van der Waals surface area contributed by atoms with Crippen LogP contribution in [0.5, 0.6) is 0 Å². The number of nitrogens with zero attached hydrogens (tertiary/aromatic N) is 1. The van der Waals surface area contributed by atoms with Crippen molar-refractivity contribution in [2.45, 2.75) is 13.0 Å². The van der Waals surface area contributed by atoms with Gasteiger partial charge in [-0.2, -0.15) is 0 Å². The summed E-state index contributed by atoms with van der Waals surface area (Å²) in [4.78, 5) is 4.10. The molecule has 0 aliphatic carbocycles. The van der Waals surface area contributed by atoms with E-state index < -0.39 is 6.10 Å². The molecule has 1 N–H and O–H groups in total. The molecule has 0 radical (unpaired) electrons. The molecule has 1 aromatic rings. The van der Waals surface area contributed by atoms with Crippen molar-refractivity contribution in [2.75, 3.05) is 0 Å². The van der Waals surface area contributed by atoms with E-state index in [1.807, 2.05) is 13.0 Å². The first-order chi connectivity index (χ1) is 5.65. The SMILES string of the molecule is C#CC(O)c1ccc(Br)c(C)n1. The van der Waals surface area contributed by atoms with Crippen LogP contribution >= 0.6 is 15.9 Å². The third kappa shape index (κ3) is 1.84. The fourth-order valence-corrected chi connectivity index (χ4v) is 1.02. The van der Waals surface area contributed by atoms with Gasteiger partial charge in [-0.15, -0.1) is 6.42 Å². The van der Waals surface area contributed by atoms with Gasteiger partial charge in [-0.1, -0.05) is 5.92 Å². The number of hydrogen-bond donors (Lipinski definition) is 1. The zero-order chi connectivity index (χ0) is 9.14. The number of pyridine rings is 1. The predicted molar refractivity (Wildman–Crippen MR) is 50.5 cm³/mol. The third-order valence-corrected chi connectivity index (χ3v) is 2.32. The summed E-state index contributed by atoms with van der Waals surface area (Å²) in [6.07, 6.45) is 4.13. The Hall–Kier alpha value is -0.850. The van der Waals surface area contributed by atoms with Crippen LogP contribution in [0.15, 0.2) is 16.6 Å². The molecule has 0 fully saturated rings. The van der Waals surface area contributed by atoms with Crippen LogP contribution in [-0.4, -0.2) is 10.1 Å². The smallest absolute Gasteiger partial charge is 0.156 e. The van der Waals surface area contributed by atoms with Crippen molar-refractivity contribution >= 4 is 15.9 Å². The molecule has 1 atom stereocenters. The predicted octanol–water partition coefficient (Wildman–Crippen LogP) is 1.82. The highest BCUT2D eigenvalue weighted by Gasteiger charge is 2.05. The van der Waals surface area contributed by atoms with Crippen molar-refractivity contribution in [3.63, 3.8) is 0 Å². The number of aromatic nitrogens is 1. The maximum atomic E-state index is 9.23. The van der Waals surface area contributed by atoms with E-state index >= 15 is 0 Å². The lowest BCUT2D eigenvalue weighted by Gasteiger charge is -2.04. The van der Waals surface area contributed by atoms with Crippen LogP contribution in [0, 0.1) is 19.3 Å². The van der Waals surface area contributed by atoms with E-state index in [1.54, 1.807) is 6.07 Å². The summed E-state index contributed by atoms with van der Waals surface area (Å²) < 4.78 is 0.912. The van der Waals surface area contributed by atoms with Gasteiger partial charge in [0.15, 0.2) is 6.10 Å². The van der Waals surface area contributed by atoms with Gasteiger partial charge in [-0.25, -0.2) is 0 Å².